The Morgan fingerprint density at radius 3 is 2.55 bits per heavy atom. The molecule has 1 fully saturated rings. The monoisotopic (exact) mass is 305 g/mol. The number of rotatable bonds is 6. The fourth-order valence-corrected chi connectivity index (χ4v) is 2.47. The molecule has 1 aromatic rings. The second-order valence-corrected chi connectivity index (χ2v) is 6.02. The largest absolute Gasteiger partial charge is 0.379 e. The van der Waals surface area contributed by atoms with E-state index in [1.54, 1.807) is 0 Å². The van der Waals surface area contributed by atoms with Crippen LogP contribution in [0.4, 0.5) is 0 Å². The van der Waals surface area contributed by atoms with E-state index in [4.69, 9.17) is 10.5 Å². The van der Waals surface area contributed by atoms with Crippen LogP contribution in [0.2, 0.25) is 0 Å². The van der Waals surface area contributed by atoms with Crippen LogP contribution in [0.1, 0.15) is 25.0 Å². The average molecular weight is 305 g/mol. The minimum atomic E-state index is -0.175. The normalized spacial score (nSPS) is 18.7. The molecule has 0 saturated carbocycles. The average Bonchev–Trinajstić information content (AvgIpc) is 2.54. The Balaban J connectivity index is 1.94. The van der Waals surface area contributed by atoms with Crippen LogP contribution >= 0.6 is 0 Å². The second kappa shape index (κ2) is 8.27. The molecular formula is C17H27N3O2. The zero-order chi connectivity index (χ0) is 15.9. The molecule has 1 heterocycles. The lowest BCUT2D eigenvalue weighted by molar-refractivity contribution is -0.125. The van der Waals surface area contributed by atoms with E-state index in [0.29, 0.717) is 6.54 Å². The van der Waals surface area contributed by atoms with Crippen molar-refractivity contribution in [2.75, 3.05) is 26.3 Å². The van der Waals surface area contributed by atoms with E-state index in [1.807, 2.05) is 26.0 Å². The zero-order valence-electron chi connectivity index (χ0n) is 13.5. The van der Waals surface area contributed by atoms with Gasteiger partial charge >= 0.3 is 0 Å². The summed E-state index contributed by atoms with van der Waals surface area (Å²) < 4.78 is 5.38. The molecule has 1 aromatic carbocycles. The molecule has 0 bridgehead atoms. The summed E-state index contributed by atoms with van der Waals surface area (Å²) in [6, 6.07) is 8.13. The SMILES string of the molecule is CC(N)C(C)C(=O)NCc1ccccc1CN1CCOCC1. The first-order valence-corrected chi connectivity index (χ1v) is 7.98. The van der Waals surface area contributed by atoms with Crippen LogP contribution in [-0.4, -0.2) is 43.2 Å². The molecule has 2 rings (SSSR count). The minimum Gasteiger partial charge on any atom is -0.379 e. The van der Waals surface area contributed by atoms with Crippen LogP contribution < -0.4 is 11.1 Å². The molecule has 5 heteroatoms. The molecule has 0 spiro atoms. The molecule has 1 aliphatic rings. The van der Waals surface area contributed by atoms with E-state index in [-0.39, 0.29) is 17.9 Å². The lowest BCUT2D eigenvalue weighted by Gasteiger charge is -2.27. The van der Waals surface area contributed by atoms with E-state index in [9.17, 15) is 4.79 Å². The van der Waals surface area contributed by atoms with Gasteiger partial charge in [-0.3, -0.25) is 9.69 Å². The third-order valence-electron chi connectivity index (χ3n) is 4.27. The first kappa shape index (κ1) is 16.9. The summed E-state index contributed by atoms with van der Waals surface area (Å²) in [6.07, 6.45) is 0. The number of nitrogens with one attached hydrogen (secondary N) is 1. The van der Waals surface area contributed by atoms with Gasteiger partial charge in [0.1, 0.15) is 0 Å². The van der Waals surface area contributed by atoms with Crippen molar-refractivity contribution in [1.29, 1.82) is 0 Å². The molecule has 1 amide bonds. The molecular weight excluding hydrogens is 278 g/mol. The van der Waals surface area contributed by atoms with Gasteiger partial charge < -0.3 is 15.8 Å². The number of nitrogens with zero attached hydrogens (tertiary/aromatic N) is 1. The first-order chi connectivity index (χ1) is 10.6. The number of hydrogen-bond acceptors (Lipinski definition) is 4. The highest BCUT2D eigenvalue weighted by molar-refractivity contribution is 5.78. The Morgan fingerprint density at radius 2 is 1.91 bits per heavy atom. The van der Waals surface area contributed by atoms with Crippen LogP contribution in [0.5, 0.6) is 0 Å². The summed E-state index contributed by atoms with van der Waals surface area (Å²) in [5.74, 6) is -0.164. The van der Waals surface area contributed by atoms with Crippen molar-refractivity contribution in [2.24, 2.45) is 11.7 Å². The maximum absolute atomic E-state index is 12.0. The predicted octanol–water partition coefficient (Wildman–Crippen LogP) is 1.12. The highest BCUT2D eigenvalue weighted by Crippen LogP contribution is 2.13. The Kier molecular flexibility index (Phi) is 6.36. The highest BCUT2D eigenvalue weighted by Gasteiger charge is 2.17. The van der Waals surface area contributed by atoms with Gasteiger partial charge in [0.2, 0.25) is 5.91 Å². The van der Waals surface area contributed by atoms with Gasteiger partial charge in [0.05, 0.1) is 13.2 Å². The smallest absolute Gasteiger partial charge is 0.224 e. The van der Waals surface area contributed by atoms with Gasteiger partial charge in [-0.05, 0) is 18.1 Å². The van der Waals surface area contributed by atoms with Crippen molar-refractivity contribution in [2.45, 2.75) is 33.0 Å². The molecule has 5 nitrogen and oxygen atoms in total. The van der Waals surface area contributed by atoms with Gasteiger partial charge in [0, 0.05) is 38.1 Å². The number of carbonyl (C=O) groups excluding carboxylic acids is 1. The van der Waals surface area contributed by atoms with Crippen molar-refractivity contribution in [3.63, 3.8) is 0 Å². The zero-order valence-corrected chi connectivity index (χ0v) is 13.5. The van der Waals surface area contributed by atoms with Gasteiger partial charge in [0.15, 0.2) is 0 Å². The standard InChI is InChI=1S/C17H27N3O2/c1-13(14(2)18)17(21)19-11-15-5-3-4-6-16(15)12-20-7-9-22-10-8-20/h3-6,13-14H,7-12,18H2,1-2H3,(H,19,21). The van der Waals surface area contributed by atoms with Gasteiger partial charge in [0.25, 0.3) is 0 Å². The Bertz CT molecular complexity index is 485. The predicted molar refractivity (Wildman–Crippen MR) is 87.2 cm³/mol. The van der Waals surface area contributed by atoms with E-state index in [1.165, 1.54) is 11.1 Å². The number of nitrogens with two attached hydrogens (primary N) is 1. The van der Waals surface area contributed by atoms with Crippen LogP contribution in [0.15, 0.2) is 24.3 Å². The Labute approximate surface area is 132 Å². The van der Waals surface area contributed by atoms with Crippen LogP contribution in [0.3, 0.4) is 0 Å². The van der Waals surface area contributed by atoms with Gasteiger partial charge in [-0.1, -0.05) is 31.2 Å². The maximum atomic E-state index is 12.0. The van der Waals surface area contributed by atoms with Crippen molar-refractivity contribution >= 4 is 5.91 Å². The molecule has 3 N–H and O–H groups in total. The molecule has 122 valence electrons. The molecule has 1 saturated heterocycles. The van der Waals surface area contributed by atoms with Crippen LogP contribution in [0, 0.1) is 5.92 Å². The number of ether oxygens (including phenoxy) is 1. The van der Waals surface area contributed by atoms with E-state index >= 15 is 0 Å². The van der Waals surface area contributed by atoms with Crippen LogP contribution in [0.25, 0.3) is 0 Å². The maximum Gasteiger partial charge on any atom is 0.224 e. The van der Waals surface area contributed by atoms with Crippen molar-refractivity contribution in [3.05, 3.63) is 35.4 Å². The summed E-state index contributed by atoms with van der Waals surface area (Å²) in [4.78, 5) is 14.4. The van der Waals surface area contributed by atoms with E-state index < -0.39 is 0 Å². The second-order valence-electron chi connectivity index (χ2n) is 6.02. The third-order valence-corrected chi connectivity index (χ3v) is 4.27. The van der Waals surface area contributed by atoms with Gasteiger partial charge in [-0.25, -0.2) is 0 Å². The number of morpholine rings is 1. The number of amides is 1. The fraction of sp³-hybridized carbons (Fsp3) is 0.588. The number of benzene rings is 1. The number of carbonyl (C=O) groups is 1. The summed E-state index contributed by atoms with van der Waals surface area (Å²) in [6.45, 7) is 8.69. The highest BCUT2D eigenvalue weighted by atomic mass is 16.5. The molecule has 2 unspecified atom stereocenters. The van der Waals surface area contributed by atoms with Gasteiger partial charge in [-0.15, -0.1) is 0 Å². The lowest BCUT2D eigenvalue weighted by atomic mass is 10.0. The van der Waals surface area contributed by atoms with E-state index in [0.717, 1.165) is 32.8 Å². The topological polar surface area (TPSA) is 67.6 Å². The van der Waals surface area contributed by atoms with Crippen LogP contribution in [-0.2, 0) is 22.6 Å². The van der Waals surface area contributed by atoms with Crippen molar-refractivity contribution in [1.82, 2.24) is 10.2 Å². The summed E-state index contributed by atoms with van der Waals surface area (Å²) in [5, 5.41) is 3.00. The lowest BCUT2D eigenvalue weighted by Crippen LogP contribution is -2.38. The van der Waals surface area contributed by atoms with E-state index in [2.05, 4.69) is 22.3 Å². The first-order valence-electron chi connectivity index (χ1n) is 7.98. The third kappa shape index (κ3) is 4.80. The minimum absolute atomic E-state index is 0.0103. The summed E-state index contributed by atoms with van der Waals surface area (Å²) in [7, 11) is 0. The molecule has 1 aliphatic heterocycles. The molecule has 2 atom stereocenters. The Hall–Kier alpha value is -1.43. The summed E-state index contributed by atoms with van der Waals surface area (Å²) >= 11 is 0. The molecule has 0 aromatic heterocycles. The molecule has 0 radical (unpaired) electrons. The molecule has 22 heavy (non-hydrogen) atoms. The Morgan fingerprint density at radius 1 is 1.27 bits per heavy atom. The fourth-order valence-electron chi connectivity index (χ4n) is 2.47. The summed E-state index contributed by atoms with van der Waals surface area (Å²) in [5.41, 5.74) is 8.21. The van der Waals surface area contributed by atoms with Crippen molar-refractivity contribution < 1.29 is 9.53 Å². The van der Waals surface area contributed by atoms with Crippen molar-refractivity contribution in [3.8, 4) is 0 Å². The van der Waals surface area contributed by atoms with Gasteiger partial charge in [-0.2, -0.15) is 0 Å². The molecule has 0 aliphatic carbocycles. The quantitative estimate of drug-likeness (QED) is 0.826. The number of hydrogen-bond donors (Lipinski definition) is 2.